The first kappa shape index (κ1) is 18.6. The Morgan fingerprint density at radius 1 is 1.31 bits per heavy atom. The van der Waals surface area contributed by atoms with Crippen molar-refractivity contribution in [3.8, 4) is 0 Å². The van der Waals surface area contributed by atoms with Crippen LogP contribution in [0.1, 0.15) is 48.6 Å². The largest absolute Gasteiger partial charge is 0.344 e. The molecule has 1 fully saturated rings. The molecule has 1 saturated carbocycles. The Balaban J connectivity index is 1.52. The highest BCUT2D eigenvalue weighted by Crippen LogP contribution is 2.25. The molecule has 138 valence electrons. The lowest BCUT2D eigenvalue weighted by Crippen LogP contribution is -2.43. The van der Waals surface area contributed by atoms with Gasteiger partial charge < -0.3 is 10.6 Å². The van der Waals surface area contributed by atoms with Crippen molar-refractivity contribution in [2.45, 2.75) is 52.0 Å². The Morgan fingerprint density at radius 2 is 2.08 bits per heavy atom. The minimum atomic E-state index is -0.563. The van der Waals surface area contributed by atoms with Crippen LogP contribution in [0, 0.1) is 12.8 Å². The summed E-state index contributed by atoms with van der Waals surface area (Å²) in [6.45, 7) is 3.78. The van der Waals surface area contributed by atoms with Crippen LogP contribution in [0.3, 0.4) is 0 Å². The molecular weight excluding hydrogens is 346 g/mol. The van der Waals surface area contributed by atoms with Crippen molar-refractivity contribution in [2.24, 2.45) is 5.92 Å². The second kappa shape index (κ2) is 8.45. The molecule has 0 unspecified atom stereocenters. The van der Waals surface area contributed by atoms with Crippen molar-refractivity contribution in [3.05, 3.63) is 46.5 Å². The zero-order valence-corrected chi connectivity index (χ0v) is 16.1. The molecule has 1 atom stereocenters. The van der Waals surface area contributed by atoms with Crippen molar-refractivity contribution in [3.63, 3.8) is 0 Å². The smallest absolute Gasteiger partial charge is 0.248 e. The molecule has 2 amide bonds. The van der Waals surface area contributed by atoms with E-state index < -0.39 is 6.04 Å². The van der Waals surface area contributed by atoms with Crippen molar-refractivity contribution < 1.29 is 9.59 Å². The number of benzene rings is 1. The Hall–Kier alpha value is -2.21. The van der Waals surface area contributed by atoms with Crippen LogP contribution in [-0.4, -0.2) is 22.8 Å². The van der Waals surface area contributed by atoms with E-state index in [1.54, 1.807) is 13.1 Å². The fraction of sp³-hybridized carbons (Fsp3) is 0.450. The molecule has 1 aliphatic carbocycles. The second-order valence-corrected chi connectivity index (χ2v) is 8.11. The van der Waals surface area contributed by atoms with E-state index in [0.717, 1.165) is 37.0 Å². The summed E-state index contributed by atoms with van der Waals surface area (Å²) >= 11 is 1.47. The minimum absolute atomic E-state index is 0.00979. The molecule has 1 aliphatic rings. The van der Waals surface area contributed by atoms with E-state index >= 15 is 0 Å². The van der Waals surface area contributed by atoms with Crippen LogP contribution < -0.4 is 10.6 Å². The van der Waals surface area contributed by atoms with Crippen LogP contribution in [0.4, 0.5) is 5.13 Å². The molecular formula is C20H25N3O2S. The number of aromatic nitrogens is 1. The number of carbonyl (C=O) groups is 2. The molecule has 5 nitrogen and oxygen atoms in total. The third-order valence-electron chi connectivity index (χ3n) is 4.72. The maximum Gasteiger partial charge on any atom is 0.248 e. The van der Waals surface area contributed by atoms with Crippen LogP contribution in [0.2, 0.25) is 0 Å². The van der Waals surface area contributed by atoms with Gasteiger partial charge in [-0.1, -0.05) is 42.7 Å². The quantitative estimate of drug-likeness (QED) is 0.814. The van der Waals surface area contributed by atoms with Crippen LogP contribution in [0.15, 0.2) is 30.5 Å². The van der Waals surface area contributed by atoms with E-state index in [1.807, 2.05) is 6.07 Å². The Morgan fingerprint density at radius 3 is 2.81 bits per heavy atom. The van der Waals surface area contributed by atoms with Crippen LogP contribution in [0.25, 0.3) is 0 Å². The first-order valence-corrected chi connectivity index (χ1v) is 9.94. The third-order valence-corrected chi connectivity index (χ3v) is 5.64. The number of hydrogen-bond donors (Lipinski definition) is 2. The summed E-state index contributed by atoms with van der Waals surface area (Å²) < 4.78 is 0. The van der Waals surface area contributed by atoms with Crippen LogP contribution in [0.5, 0.6) is 0 Å². The molecule has 2 aromatic rings. The third kappa shape index (κ3) is 4.91. The number of thiazole rings is 1. The highest BCUT2D eigenvalue weighted by molar-refractivity contribution is 7.15. The monoisotopic (exact) mass is 371 g/mol. The molecule has 0 saturated heterocycles. The summed E-state index contributed by atoms with van der Waals surface area (Å²) in [6, 6.07) is 7.79. The van der Waals surface area contributed by atoms with E-state index in [4.69, 9.17) is 0 Å². The molecule has 26 heavy (non-hydrogen) atoms. The molecule has 6 heteroatoms. The van der Waals surface area contributed by atoms with Gasteiger partial charge in [-0.15, -0.1) is 11.3 Å². The number of amides is 2. The SMILES string of the molecule is Cc1cccc(Cc2cnc(NC(=O)[C@@H](C)NC(=O)C3CCCC3)s2)c1. The van der Waals surface area contributed by atoms with Gasteiger partial charge in [-0.25, -0.2) is 4.98 Å². The highest BCUT2D eigenvalue weighted by Gasteiger charge is 2.25. The van der Waals surface area contributed by atoms with Gasteiger partial charge in [0.25, 0.3) is 0 Å². The first-order chi connectivity index (χ1) is 12.5. The molecule has 1 aromatic heterocycles. The first-order valence-electron chi connectivity index (χ1n) is 9.13. The van der Waals surface area contributed by atoms with E-state index in [2.05, 4.69) is 40.7 Å². The van der Waals surface area contributed by atoms with Crippen LogP contribution in [-0.2, 0) is 16.0 Å². The zero-order valence-electron chi connectivity index (χ0n) is 15.2. The molecule has 3 rings (SSSR count). The second-order valence-electron chi connectivity index (χ2n) is 7.00. The zero-order chi connectivity index (χ0) is 18.5. The van der Waals surface area contributed by atoms with Gasteiger partial charge in [0.1, 0.15) is 6.04 Å². The number of nitrogens with zero attached hydrogens (tertiary/aromatic N) is 1. The van der Waals surface area contributed by atoms with E-state index in [1.165, 1.54) is 22.5 Å². The van der Waals surface area contributed by atoms with Gasteiger partial charge in [0.2, 0.25) is 11.8 Å². The molecule has 1 aromatic carbocycles. The van der Waals surface area contributed by atoms with E-state index in [0.29, 0.717) is 5.13 Å². The van der Waals surface area contributed by atoms with Gasteiger partial charge in [-0.05, 0) is 32.3 Å². The number of rotatable bonds is 6. The van der Waals surface area contributed by atoms with Crippen molar-refractivity contribution >= 4 is 28.3 Å². The average molecular weight is 372 g/mol. The maximum absolute atomic E-state index is 12.3. The van der Waals surface area contributed by atoms with Gasteiger partial charge in [0, 0.05) is 23.4 Å². The van der Waals surface area contributed by atoms with Gasteiger partial charge in [-0.2, -0.15) is 0 Å². The molecule has 0 spiro atoms. The van der Waals surface area contributed by atoms with Gasteiger partial charge >= 0.3 is 0 Å². The Labute approximate surface area is 158 Å². The van der Waals surface area contributed by atoms with Crippen molar-refractivity contribution in [1.82, 2.24) is 10.3 Å². The molecule has 2 N–H and O–H groups in total. The standard InChI is InChI=1S/C20H25N3O2S/c1-13-6-5-7-15(10-13)11-17-12-21-20(26-17)23-18(24)14(2)22-19(25)16-8-3-4-9-16/h5-7,10,12,14,16H,3-4,8-9,11H2,1-2H3,(H,22,25)(H,21,23,24)/t14-/m1/s1. The minimum Gasteiger partial charge on any atom is -0.344 e. The van der Waals surface area contributed by atoms with E-state index in [9.17, 15) is 9.59 Å². The lowest BCUT2D eigenvalue weighted by Gasteiger charge is -2.16. The summed E-state index contributed by atoms with van der Waals surface area (Å²) in [5.74, 6) is -0.178. The Kier molecular flexibility index (Phi) is 6.04. The summed E-state index contributed by atoms with van der Waals surface area (Å²) in [4.78, 5) is 29.8. The lowest BCUT2D eigenvalue weighted by atomic mass is 10.1. The molecule has 0 bridgehead atoms. The predicted octanol–water partition coefficient (Wildman–Crippen LogP) is 3.68. The van der Waals surface area contributed by atoms with Gasteiger partial charge in [-0.3, -0.25) is 9.59 Å². The fourth-order valence-corrected chi connectivity index (χ4v) is 4.12. The topological polar surface area (TPSA) is 71.1 Å². The molecule has 1 heterocycles. The highest BCUT2D eigenvalue weighted by atomic mass is 32.1. The summed E-state index contributed by atoms with van der Waals surface area (Å²) in [7, 11) is 0. The normalized spacial score (nSPS) is 15.6. The predicted molar refractivity (Wildman–Crippen MR) is 104 cm³/mol. The Bertz CT molecular complexity index is 781. The maximum atomic E-state index is 12.3. The molecule has 0 radical (unpaired) electrons. The number of carbonyl (C=O) groups excluding carboxylic acids is 2. The van der Waals surface area contributed by atoms with Gasteiger partial charge in [0.15, 0.2) is 5.13 Å². The summed E-state index contributed by atoms with van der Waals surface area (Å²) in [5.41, 5.74) is 2.45. The van der Waals surface area contributed by atoms with Crippen molar-refractivity contribution in [2.75, 3.05) is 5.32 Å². The van der Waals surface area contributed by atoms with Crippen molar-refractivity contribution in [1.29, 1.82) is 0 Å². The van der Waals surface area contributed by atoms with E-state index in [-0.39, 0.29) is 17.7 Å². The summed E-state index contributed by atoms with van der Waals surface area (Å²) in [6.07, 6.45) is 6.64. The number of aryl methyl sites for hydroxylation is 1. The van der Waals surface area contributed by atoms with Gasteiger partial charge in [0.05, 0.1) is 0 Å². The number of nitrogens with one attached hydrogen (secondary N) is 2. The number of anilines is 1. The average Bonchev–Trinajstić information content (AvgIpc) is 3.27. The lowest BCUT2D eigenvalue weighted by molar-refractivity contribution is -0.128. The van der Waals surface area contributed by atoms with Crippen LogP contribution >= 0.6 is 11.3 Å². The number of hydrogen-bond acceptors (Lipinski definition) is 4. The fourth-order valence-electron chi connectivity index (χ4n) is 3.27. The molecule has 0 aliphatic heterocycles. The summed E-state index contributed by atoms with van der Waals surface area (Å²) in [5, 5.41) is 6.20.